The third-order valence-electron chi connectivity index (χ3n) is 2.05. The van der Waals surface area contributed by atoms with Crippen LogP contribution in [0.1, 0.15) is 0 Å². The van der Waals surface area contributed by atoms with E-state index in [-0.39, 0.29) is 11.4 Å². The van der Waals surface area contributed by atoms with E-state index in [2.05, 4.69) is 36.2 Å². The number of benzene rings is 2. The van der Waals surface area contributed by atoms with Crippen LogP contribution in [0.5, 0.6) is 5.75 Å². The van der Waals surface area contributed by atoms with Crippen molar-refractivity contribution in [1.82, 2.24) is 0 Å². The molecule has 0 saturated heterocycles. The monoisotopic (exact) mass is 407 g/mol. The minimum Gasteiger partial charge on any atom is -0.373 e. The first-order valence-electron chi connectivity index (χ1n) is 5.12. The summed E-state index contributed by atoms with van der Waals surface area (Å²) >= 11 is 6.48. The summed E-state index contributed by atoms with van der Waals surface area (Å²) in [4.78, 5) is 0. The van der Waals surface area contributed by atoms with Gasteiger partial charge in [0.1, 0.15) is 5.75 Å². The molecule has 0 bridgehead atoms. The van der Waals surface area contributed by atoms with Gasteiger partial charge in [-0.25, -0.2) is 0 Å². The molecule has 0 N–H and O–H groups in total. The Morgan fingerprint density at radius 1 is 0.947 bits per heavy atom. The minimum absolute atomic E-state index is 0.150. The van der Waals surface area contributed by atoms with Crippen molar-refractivity contribution in [3.05, 3.63) is 57.5 Å². The first-order valence-corrected chi connectivity index (χ1v) is 8.05. The van der Waals surface area contributed by atoms with E-state index < -0.39 is 10.4 Å². The molecule has 2 aromatic carbocycles. The Hall–Kier alpha value is -0.920. The maximum absolute atomic E-state index is 13.8. The standard InChI is InChI=1S/C12H8Br2FNO2S/c13-9-1-5-11(6-2-9)16-19(15,17)18-12-7-3-10(14)4-8-12/h1-8H. The van der Waals surface area contributed by atoms with Gasteiger partial charge in [0.15, 0.2) is 0 Å². The van der Waals surface area contributed by atoms with Crippen LogP contribution in [0.25, 0.3) is 0 Å². The molecule has 0 aliphatic carbocycles. The predicted octanol–water partition coefficient (Wildman–Crippen LogP) is 5.19. The first-order chi connectivity index (χ1) is 8.94. The van der Waals surface area contributed by atoms with E-state index in [0.29, 0.717) is 0 Å². The van der Waals surface area contributed by atoms with Crippen molar-refractivity contribution >= 4 is 47.9 Å². The molecule has 2 rings (SSSR count). The van der Waals surface area contributed by atoms with Gasteiger partial charge >= 0.3 is 10.4 Å². The Bertz CT molecular complexity index is 680. The Kier molecular flexibility index (Phi) is 4.59. The van der Waals surface area contributed by atoms with Gasteiger partial charge in [0.05, 0.1) is 5.69 Å². The molecule has 7 heteroatoms. The second-order valence-corrected chi connectivity index (χ2v) is 6.52. The molecular formula is C12H8Br2FNO2S. The van der Waals surface area contributed by atoms with Crippen LogP contribution < -0.4 is 4.18 Å². The second kappa shape index (κ2) is 6.02. The lowest BCUT2D eigenvalue weighted by molar-refractivity contribution is 0.505. The van der Waals surface area contributed by atoms with E-state index >= 15 is 0 Å². The Balaban J connectivity index is 2.24. The summed E-state index contributed by atoms with van der Waals surface area (Å²) in [7, 11) is -4.27. The third kappa shape index (κ3) is 4.59. The zero-order valence-corrected chi connectivity index (χ0v) is 13.4. The highest BCUT2D eigenvalue weighted by Crippen LogP contribution is 2.23. The topological polar surface area (TPSA) is 38.7 Å². The fourth-order valence-electron chi connectivity index (χ4n) is 1.26. The summed E-state index contributed by atoms with van der Waals surface area (Å²) in [5, 5.41) is 0. The van der Waals surface area contributed by atoms with Crippen molar-refractivity contribution in [2.24, 2.45) is 4.36 Å². The molecule has 0 aliphatic rings. The summed E-state index contributed by atoms with van der Waals surface area (Å²) in [5.74, 6) is 0.150. The van der Waals surface area contributed by atoms with Crippen molar-refractivity contribution in [2.45, 2.75) is 0 Å². The SMILES string of the molecule is O=S(F)(=Nc1ccc(Br)cc1)Oc1ccc(Br)cc1. The van der Waals surface area contributed by atoms with Crippen LogP contribution in [-0.4, -0.2) is 4.21 Å². The zero-order chi connectivity index (χ0) is 13.9. The molecule has 0 aliphatic heterocycles. The number of hydrogen-bond donors (Lipinski definition) is 0. The fraction of sp³-hybridized carbons (Fsp3) is 0. The van der Waals surface area contributed by atoms with Gasteiger partial charge < -0.3 is 4.18 Å². The van der Waals surface area contributed by atoms with Crippen LogP contribution in [-0.2, 0) is 10.4 Å². The molecule has 19 heavy (non-hydrogen) atoms. The van der Waals surface area contributed by atoms with Gasteiger partial charge in [-0.15, -0.1) is 4.36 Å². The maximum atomic E-state index is 13.8. The lowest BCUT2D eigenvalue weighted by Gasteiger charge is -2.04. The third-order valence-corrected chi connectivity index (χ3v) is 3.94. The van der Waals surface area contributed by atoms with Gasteiger partial charge in [0.2, 0.25) is 0 Å². The van der Waals surface area contributed by atoms with Crippen LogP contribution in [0.3, 0.4) is 0 Å². The molecule has 0 heterocycles. The average Bonchev–Trinajstić information content (AvgIpc) is 2.34. The number of nitrogens with zero attached hydrogens (tertiary/aromatic N) is 1. The summed E-state index contributed by atoms with van der Waals surface area (Å²) in [5.41, 5.74) is 0.243. The molecule has 0 fully saturated rings. The Morgan fingerprint density at radius 3 is 1.95 bits per heavy atom. The van der Waals surface area contributed by atoms with Gasteiger partial charge in [-0.2, -0.15) is 4.21 Å². The summed E-state index contributed by atoms with van der Waals surface area (Å²) in [6.07, 6.45) is 0. The van der Waals surface area contributed by atoms with Gasteiger partial charge in [-0.05, 0) is 48.5 Å². The van der Waals surface area contributed by atoms with Crippen LogP contribution in [0, 0.1) is 0 Å². The summed E-state index contributed by atoms with van der Waals surface area (Å²) < 4.78 is 35.2. The normalized spacial score (nSPS) is 13.6. The molecular weight excluding hydrogens is 401 g/mol. The van der Waals surface area contributed by atoms with Crippen LogP contribution >= 0.6 is 31.9 Å². The van der Waals surface area contributed by atoms with Crippen molar-refractivity contribution in [1.29, 1.82) is 0 Å². The van der Waals surface area contributed by atoms with Crippen LogP contribution in [0.15, 0.2) is 61.8 Å². The molecule has 0 radical (unpaired) electrons. The van der Waals surface area contributed by atoms with Crippen molar-refractivity contribution in [3.8, 4) is 5.75 Å². The van der Waals surface area contributed by atoms with E-state index in [0.717, 1.165) is 8.95 Å². The average molecular weight is 409 g/mol. The Labute approximate surface area is 127 Å². The fourth-order valence-corrected chi connectivity index (χ4v) is 2.54. The molecule has 0 spiro atoms. The molecule has 1 unspecified atom stereocenters. The number of hydrogen-bond acceptors (Lipinski definition) is 3. The summed E-state index contributed by atoms with van der Waals surface area (Å²) in [6, 6.07) is 12.7. The van der Waals surface area contributed by atoms with Crippen LogP contribution in [0.2, 0.25) is 0 Å². The van der Waals surface area contributed by atoms with Gasteiger partial charge in [-0.3, -0.25) is 0 Å². The molecule has 3 nitrogen and oxygen atoms in total. The molecule has 0 aromatic heterocycles. The summed E-state index contributed by atoms with van der Waals surface area (Å²) in [6.45, 7) is 0. The molecule has 0 saturated carbocycles. The maximum Gasteiger partial charge on any atom is 0.382 e. The largest absolute Gasteiger partial charge is 0.382 e. The van der Waals surface area contributed by atoms with Crippen molar-refractivity contribution in [2.75, 3.05) is 0 Å². The van der Waals surface area contributed by atoms with Crippen LogP contribution in [0.4, 0.5) is 9.57 Å². The molecule has 2 aromatic rings. The van der Waals surface area contributed by atoms with E-state index in [1.807, 2.05) is 0 Å². The minimum atomic E-state index is -4.27. The highest BCUT2D eigenvalue weighted by molar-refractivity contribution is 9.10. The quantitative estimate of drug-likeness (QED) is 0.655. The highest BCUT2D eigenvalue weighted by atomic mass is 79.9. The smallest absolute Gasteiger partial charge is 0.373 e. The van der Waals surface area contributed by atoms with Gasteiger partial charge in [0, 0.05) is 8.95 Å². The van der Waals surface area contributed by atoms with Gasteiger partial charge in [0.25, 0.3) is 0 Å². The Morgan fingerprint density at radius 2 is 1.42 bits per heavy atom. The van der Waals surface area contributed by atoms with Gasteiger partial charge in [-0.1, -0.05) is 35.7 Å². The number of rotatable bonds is 3. The second-order valence-electron chi connectivity index (χ2n) is 3.52. The molecule has 100 valence electrons. The predicted molar refractivity (Wildman–Crippen MR) is 80.3 cm³/mol. The number of halogens is 3. The lowest BCUT2D eigenvalue weighted by Crippen LogP contribution is -2.00. The first kappa shape index (κ1) is 14.5. The highest BCUT2D eigenvalue weighted by Gasteiger charge is 2.09. The molecule has 0 amide bonds. The van der Waals surface area contributed by atoms with E-state index in [1.54, 1.807) is 24.3 Å². The van der Waals surface area contributed by atoms with E-state index in [1.165, 1.54) is 24.3 Å². The van der Waals surface area contributed by atoms with Crippen molar-refractivity contribution in [3.63, 3.8) is 0 Å². The molecule has 1 atom stereocenters. The van der Waals surface area contributed by atoms with E-state index in [4.69, 9.17) is 4.18 Å². The van der Waals surface area contributed by atoms with Crippen molar-refractivity contribution < 1.29 is 12.3 Å². The zero-order valence-electron chi connectivity index (χ0n) is 9.42. The van der Waals surface area contributed by atoms with E-state index in [9.17, 15) is 8.09 Å². The lowest BCUT2D eigenvalue weighted by atomic mass is 10.3.